The van der Waals surface area contributed by atoms with Gasteiger partial charge in [-0.3, -0.25) is 0 Å². The number of hydrogen-bond acceptors (Lipinski definition) is 3. The third kappa shape index (κ3) is 6.28. The fourth-order valence-electron chi connectivity index (χ4n) is 0.839. The Labute approximate surface area is 130 Å². The molecule has 0 aromatic carbocycles. The molecule has 0 rings (SSSR count). The normalized spacial score (nSPS) is 10.6. The SMILES string of the molecule is [CH-]=C(CC(C([NH-])=O)[C](=[W])[CH]=[W])C(=O)OC.[W]. The minimum atomic E-state index is -0.718. The fraction of sp³-hybridized carbons (Fsp3) is 0.333. The van der Waals surface area contributed by atoms with Crippen molar-refractivity contribution in [2.24, 2.45) is 5.92 Å². The van der Waals surface area contributed by atoms with Crippen LogP contribution in [0.2, 0.25) is 0 Å². The molecule has 4 nitrogen and oxygen atoms in total. The van der Waals surface area contributed by atoms with Gasteiger partial charge in [-0.05, 0) is 0 Å². The molecule has 1 atom stereocenters. The van der Waals surface area contributed by atoms with E-state index in [4.69, 9.17) is 12.3 Å². The molecule has 0 aliphatic carbocycles. The predicted octanol–water partition coefficient (Wildman–Crippen LogP) is 0.170. The maximum atomic E-state index is 11.0. The Morgan fingerprint density at radius 2 is 2.06 bits per heavy atom. The van der Waals surface area contributed by atoms with E-state index in [2.05, 4.69) is 4.74 Å². The molecular weight excluding hydrogens is 722 g/mol. The molecule has 0 spiro atoms. The van der Waals surface area contributed by atoms with Crippen LogP contribution in [0.5, 0.6) is 0 Å². The van der Waals surface area contributed by atoms with Crippen molar-refractivity contribution in [3.05, 3.63) is 17.9 Å². The number of carbonyl (C=O) groups is 2. The minimum absolute atomic E-state index is 0. The van der Waals surface area contributed by atoms with Crippen molar-refractivity contribution < 1.29 is 74.1 Å². The summed E-state index contributed by atoms with van der Waals surface area (Å²) in [6.07, 6.45) is 0.0671. The number of esters is 1. The Morgan fingerprint density at radius 1 is 1.56 bits per heavy atom. The molecule has 1 amide bonds. The summed E-state index contributed by atoms with van der Waals surface area (Å²) in [5, 5.41) is 0. The molecule has 0 aromatic rings. The van der Waals surface area contributed by atoms with E-state index in [1.165, 1.54) is 26.5 Å². The largest absolute Gasteiger partial charge is 0 e. The predicted molar refractivity (Wildman–Crippen MR) is 48.3 cm³/mol. The molecule has 0 saturated carbocycles. The van der Waals surface area contributed by atoms with Crippen molar-refractivity contribution in [2.45, 2.75) is 6.42 Å². The van der Waals surface area contributed by atoms with Crippen molar-refractivity contribution in [1.82, 2.24) is 0 Å². The number of ether oxygens (including phenoxy) is 1. The van der Waals surface area contributed by atoms with Gasteiger partial charge in [0, 0.05) is 21.1 Å². The van der Waals surface area contributed by atoms with Crippen LogP contribution in [-0.2, 0) is 74.1 Å². The monoisotopic (exact) mass is 731 g/mol. The van der Waals surface area contributed by atoms with Gasteiger partial charge in [-0.2, -0.15) is 0 Å². The summed E-state index contributed by atoms with van der Waals surface area (Å²) in [6.45, 7) is 5.45. The number of hydrogen-bond donors (Lipinski definition) is 0. The molecule has 1 unspecified atom stereocenters. The van der Waals surface area contributed by atoms with Crippen molar-refractivity contribution >= 4 is 20.2 Å². The van der Waals surface area contributed by atoms with Crippen molar-refractivity contribution in [2.75, 3.05) is 7.11 Å². The van der Waals surface area contributed by atoms with Crippen molar-refractivity contribution in [3.8, 4) is 0 Å². The van der Waals surface area contributed by atoms with Crippen LogP contribution in [0.3, 0.4) is 0 Å². The number of carbonyl (C=O) groups excluding carboxylic acids is 2. The number of amides is 1. The van der Waals surface area contributed by atoms with Crippen LogP contribution in [0.1, 0.15) is 6.42 Å². The third-order valence-corrected chi connectivity index (χ3v) is 6.33. The first kappa shape index (κ1) is 18.8. The van der Waals surface area contributed by atoms with Crippen molar-refractivity contribution in [3.63, 3.8) is 0 Å². The summed E-state index contributed by atoms with van der Waals surface area (Å²) in [5.41, 5.74) is 7.07. The van der Waals surface area contributed by atoms with Crippen LogP contribution in [0.25, 0.3) is 5.73 Å². The molecule has 0 aliphatic rings. The van der Waals surface area contributed by atoms with Gasteiger partial charge in [0.15, 0.2) is 0 Å². The molecule has 7 heteroatoms. The molecule has 0 bridgehead atoms. The molecular formula is C9H9NO3W3-2. The molecule has 88 valence electrons. The van der Waals surface area contributed by atoms with Gasteiger partial charge in [-0.15, -0.1) is 0 Å². The van der Waals surface area contributed by atoms with E-state index in [9.17, 15) is 9.59 Å². The second-order valence-corrected chi connectivity index (χ2v) is 5.20. The molecule has 0 radical (unpaired) electrons. The van der Waals surface area contributed by atoms with E-state index in [1.807, 2.05) is 4.40 Å². The van der Waals surface area contributed by atoms with Gasteiger partial charge < -0.3 is 0 Å². The van der Waals surface area contributed by atoms with Crippen LogP contribution in [0, 0.1) is 12.5 Å². The Hall–Kier alpha value is 0.485. The standard InChI is InChI=1S/C9H10NO3.3W/c1-4-7(8(10)11)5-6(2)9(12)13-3;;;/h1-2,7H,5H2,3H3,(H2,10,11);;;/q-1;;;/p-1. The average molecular weight is 731 g/mol. The van der Waals surface area contributed by atoms with E-state index in [1.54, 1.807) is 0 Å². The zero-order valence-corrected chi connectivity index (χ0v) is 17.2. The van der Waals surface area contributed by atoms with Gasteiger partial charge in [0.05, 0.1) is 0 Å². The summed E-state index contributed by atoms with van der Waals surface area (Å²) in [7, 11) is 1.23. The first-order chi connectivity index (χ1) is 6.93. The zero-order valence-electron chi connectivity index (χ0n) is 8.39. The van der Waals surface area contributed by atoms with E-state index in [0.717, 1.165) is 23.3 Å². The number of nitrogens with one attached hydrogen (secondary N) is 1. The van der Waals surface area contributed by atoms with Gasteiger partial charge in [0.2, 0.25) is 0 Å². The Balaban J connectivity index is 0. The topological polar surface area (TPSA) is 67.2 Å². The van der Waals surface area contributed by atoms with Gasteiger partial charge in [0.25, 0.3) is 0 Å². The van der Waals surface area contributed by atoms with E-state index >= 15 is 0 Å². The summed E-state index contributed by atoms with van der Waals surface area (Å²) >= 11 is 2.32. The first-order valence-corrected chi connectivity index (χ1v) is 7.04. The van der Waals surface area contributed by atoms with Crippen LogP contribution in [0.15, 0.2) is 5.57 Å². The third-order valence-electron chi connectivity index (χ3n) is 1.65. The van der Waals surface area contributed by atoms with Gasteiger partial charge >= 0.3 is 111 Å². The molecule has 1 N–H and O–H groups in total. The number of rotatable bonds is 6. The van der Waals surface area contributed by atoms with Crippen LogP contribution in [-0.4, -0.2) is 27.3 Å². The smallest absolute Gasteiger partial charge is 0 e. The molecule has 16 heavy (non-hydrogen) atoms. The summed E-state index contributed by atoms with van der Waals surface area (Å²) in [5.74, 6) is -1.95. The molecule has 0 aromatic heterocycles. The second-order valence-electron chi connectivity index (χ2n) is 2.66. The van der Waals surface area contributed by atoms with Crippen LogP contribution in [0.4, 0.5) is 0 Å². The minimum Gasteiger partial charge on any atom is 0 e. The Bertz CT molecular complexity index is 328. The van der Waals surface area contributed by atoms with Crippen molar-refractivity contribution in [1.29, 1.82) is 0 Å². The molecule has 0 saturated heterocycles. The van der Waals surface area contributed by atoms with E-state index in [-0.39, 0.29) is 33.1 Å². The van der Waals surface area contributed by atoms with Crippen LogP contribution < -0.4 is 0 Å². The van der Waals surface area contributed by atoms with Crippen LogP contribution >= 0.6 is 0 Å². The van der Waals surface area contributed by atoms with E-state index in [0.29, 0.717) is 0 Å². The summed E-state index contributed by atoms with van der Waals surface area (Å²) < 4.78 is 7.11. The maximum absolute atomic E-state index is 11.0. The van der Waals surface area contributed by atoms with Gasteiger partial charge in [-0.25, -0.2) is 0 Å². The zero-order chi connectivity index (χ0) is 12.0. The van der Waals surface area contributed by atoms with Gasteiger partial charge in [0.1, 0.15) is 0 Å². The quantitative estimate of drug-likeness (QED) is 0.223. The Kier molecular flexibility index (Phi) is 11.2. The Morgan fingerprint density at radius 3 is 2.38 bits per heavy atom. The molecule has 0 aliphatic heterocycles. The molecule has 0 fully saturated rings. The summed E-state index contributed by atoms with van der Waals surface area (Å²) in [4.78, 5) is 22.0. The average Bonchev–Trinajstić information content (AvgIpc) is 2.22. The first-order valence-electron chi connectivity index (χ1n) is 3.88. The maximum Gasteiger partial charge on any atom is 0 e. The fourth-order valence-corrected chi connectivity index (χ4v) is 2.11. The number of methoxy groups -OCH3 is 1. The second kappa shape index (κ2) is 9.51. The molecule has 0 heterocycles. The van der Waals surface area contributed by atoms with E-state index < -0.39 is 17.8 Å². The summed E-state index contributed by atoms with van der Waals surface area (Å²) in [6, 6.07) is 0. The van der Waals surface area contributed by atoms with Gasteiger partial charge in [-0.1, -0.05) is 0 Å².